The number of hydrogen-bond acceptors (Lipinski definition) is 4. The second-order valence-electron chi connectivity index (χ2n) is 4.12. The van der Waals surface area contributed by atoms with Gasteiger partial charge in [0.15, 0.2) is 0 Å². The second-order valence-corrected chi connectivity index (χ2v) is 5.10. The van der Waals surface area contributed by atoms with Gasteiger partial charge in [-0.2, -0.15) is 0 Å². The summed E-state index contributed by atoms with van der Waals surface area (Å²) in [4.78, 5) is 23.2. The third-order valence-corrected chi connectivity index (χ3v) is 3.42. The molecule has 0 aliphatic carbocycles. The quantitative estimate of drug-likeness (QED) is 0.592. The van der Waals surface area contributed by atoms with E-state index in [4.69, 9.17) is 11.5 Å². The first-order valence-corrected chi connectivity index (χ1v) is 6.66. The minimum absolute atomic E-state index is 0. The van der Waals surface area contributed by atoms with Gasteiger partial charge in [-0.1, -0.05) is 6.07 Å². The maximum atomic E-state index is 12.9. The van der Waals surface area contributed by atoms with Crippen molar-refractivity contribution in [3.63, 3.8) is 0 Å². The Morgan fingerprint density at radius 1 is 1.43 bits per heavy atom. The summed E-state index contributed by atoms with van der Waals surface area (Å²) in [6, 6.07) is 2.03. The smallest absolute Gasteiger partial charge is 0.312 e. The zero-order valence-electron chi connectivity index (χ0n) is 11.0. The third-order valence-electron chi connectivity index (χ3n) is 2.44. The summed E-state index contributed by atoms with van der Waals surface area (Å²) in [7, 11) is 0. The van der Waals surface area contributed by atoms with E-state index in [9.17, 15) is 18.4 Å². The summed E-state index contributed by atoms with van der Waals surface area (Å²) in [5.74, 6) is -3.77. The van der Waals surface area contributed by atoms with Crippen LogP contribution in [0.15, 0.2) is 17.5 Å². The lowest BCUT2D eigenvalue weighted by Gasteiger charge is -2.18. The van der Waals surface area contributed by atoms with Crippen molar-refractivity contribution in [2.24, 2.45) is 11.5 Å². The van der Waals surface area contributed by atoms with Crippen LogP contribution in [0, 0.1) is 0 Å². The Bertz CT molecular complexity index is 459. The maximum Gasteiger partial charge on any atom is 0.312 e. The number of urea groups is 1. The van der Waals surface area contributed by atoms with Crippen LogP contribution in [-0.4, -0.2) is 31.0 Å². The fourth-order valence-electron chi connectivity index (χ4n) is 1.44. The molecule has 0 aliphatic rings. The van der Waals surface area contributed by atoms with Crippen LogP contribution in [-0.2, 0) is 4.79 Å². The average molecular weight is 343 g/mol. The molecule has 1 aromatic rings. The van der Waals surface area contributed by atoms with Crippen molar-refractivity contribution in [2.45, 2.75) is 18.4 Å². The molecule has 0 fully saturated rings. The highest BCUT2D eigenvalue weighted by molar-refractivity contribution is 7.10. The zero-order valence-corrected chi connectivity index (χ0v) is 12.6. The van der Waals surface area contributed by atoms with Gasteiger partial charge in [-0.25, -0.2) is 13.6 Å². The largest absolute Gasteiger partial charge is 0.352 e. The molecule has 6 N–H and O–H groups in total. The first-order chi connectivity index (χ1) is 9.34. The van der Waals surface area contributed by atoms with Crippen LogP contribution in [0.2, 0.25) is 0 Å². The molecule has 0 radical (unpaired) electrons. The summed E-state index contributed by atoms with van der Waals surface area (Å²) in [5.41, 5.74) is 9.89. The highest BCUT2D eigenvalue weighted by Crippen LogP contribution is 2.22. The molecule has 10 heteroatoms. The molecular weight excluding hydrogens is 326 g/mol. The number of halogens is 3. The lowest BCUT2D eigenvalue weighted by atomic mass is 10.1. The van der Waals surface area contributed by atoms with Crippen LogP contribution in [0.5, 0.6) is 0 Å². The van der Waals surface area contributed by atoms with Crippen LogP contribution < -0.4 is 22.1 Å². The van der Waals surface area contributed by atoms with Crippen molar-refractivity contribution < 1.29 is 18.4 Å². The van der Waals surface area contributed by atoms with Crippen molar-refractivity contribution >= 4 is 35.7 Å². The molecule has 0 saturated heterocycles. The van der Waals surface area contributed by atoms with Gasteiger partial charge in [-0.3, -0.25) is 4.79 Å². The van der Waals surface area contributed by atoms with Crippen LogP contribution in [0.25, 0.3) is 0 Å². The Hall–Kier alpha value is -1.45. The predicted octanol–water partition coefficient (Wildman–Crippen LogP) is 0.980. The molecule has 1 aromatic heterocycles. The number of carbonyl (C=O) groups is 2. The van der Waals surface area contributed by atoms with Gasteiger partial charge >= 0.3 is 6.03 Å². The minimum atomic E-state index is -3.15. The van der Waals surface area contributed by atoms with E-state index in [0.717, 1.165) is 0 Å². The molecule has 1 rings (SSSR count). The summed E-state index contributed by atoms with van der Waals surface area (Å²) >= 11 is 1.32. The molecule has 120 valence electrons. The van der Waals surface area contributed by atoms with Crippen LogP contribution in [0.1, 0.15) is 17.3 Å². The van der Waals surface area contributed by atoms with Crippen LogP contribution in [0.3, 0.4) is 0 Å². The van der Waals surface area contributed by atoms with Gasteiger partial charge in [-0.15, -0.1) is 23.7 Å². The van der Waals surface area contributed by atoms with Gasteiger partial charge < -0.3 is 22.1 Å². The number of nitrogens with one attached hydrogen (secondary N) is 2. The normalized spacial score (nSPS) is 12.1. The van der Waals surface area contributed by atoms with Crippen molar-refractivity contribution in [2.75, 3.05) is 13.1 Å². The van der Waals surface area contributed by atoms with Crippen molar-refractivity contribution in [3.05, 3.63) is 22.4 Å². The Kier molecular flexibility index (Phi) is 8.15. The lowest BCUT2D eigenvalue weighted by Crippen LogP contribution is -2.43. The second kappa shape index (κ2) is 8.75. The highest BCUT2D eigenvalue weighted by atomic mass is 35.5. The van der Waals surface area contributed by atoms with Crippen molar-refractivity contribution in [1.82, 2.24) is 10.6 Å². The van der Waals surface area contributed by atoms with Gasteiger partial charge in [-0.05, 0) is 11.4 Å². The van der Waals surface area contributed by atoms with Crippen LogP contribution >= 0.6 is 23.7 Å². The monoisotopic (exact) mass is 342 g/mol. The molecule has 0 saturated carbocycles. The molecule has 0 aromatic carbocycles. The summed E-state index contributed by atoms with van der Waals surface area (Å²) in [5, 5.41) is 6.25. The van der Waals surface area contributed by atoms with Gasteiger partial charge in [0, 0.05) is 4.88 Å². The van der Waals surface area contributed by atoms with E-state index >= 15 is 0 Å². The minimum Gasteiger partial charge on any atom is -0.352 e. The molecule has 0 spiro atoms. The van der Waals surface area contributed by atoms with Crippen LogP contribution in [0.4, 0.5) is 13.6 Å². The number of amides is 3. The number of thiophene rings is 1. The van der Waals surface area contributed by atoms with E-state index in [2.05, 4.69) is 10.6 Å². The Morgan fingerprint density at radius 2 is 2.10 bits per heavy atom. The summed E-state index contributed by atoms with van der Waals surface area (Å²) in [6.07, 6.45) is -0.176. The molecular formula is C11H17ClF2N4O2S. The van der Waals surface area contributed by atoms with Gasteiger partial charge in [0.2, 0.25) is 5.91 Å². The number of nitrogens with two attached hydrogens (primary N) is 2. The van der Waals surface area contributed by atoms with E-state index in [1.54, 1.807) is 17.5 Å². The van der Waals surface area contributed by atoms with E-state index < -0.39 is 37.0 Å². The van der Waals surface area contributed by atoms with E-state index in [0.29, 0.717) is 4.88 Å². The summed E-state index contributed by atoms with van der Waals surface area (Å²) in [6.45, 7) is -1.68. The molecule has 0 aliphatic heterocycles. The van der Waals surface area contributed by atoms with E-state index in [-0.39, 0.29) is 18.8 Å². The topological polar surface area (TPSA) is 110 Å². The lowest BCUT2D eigenvalue weighted by molar-refractivity contribution is -0.123. The SMILES string of the molecule is Cl.NCC(F)(F)CNC(=O)CC(NC(N)=O)c1cccs1. The fourth-order valence-corrected chi connectivity index (χ4v) is 2.22. The van der Waals surface area contributed by atoms with Gasteiger partial charge in [0.25, 0.3) is 5.92 Å². The maximum absolute atomic E-state index is 12.9. The number of hydrogen-bond donors (Lipinski definition) is 4. The molecule has 3 amide bonds. The molecule has 6 nitrogen and oxygen atoms in total. The zero-order chi connectivity index (χ0) is 15.2. The van der Waals surface area contributed by atoms with Crippen molar-refractivity contribution in [1.29, 1.82) is 0 Å². The fraction of sp³-hybridized carbons (Fsp3) is 0.455. The third kappa shape index (κ3) is 7.21. The number of rotatable bonds is 7. The molecule has 1 unspecified atom stereocenters. The first kappa shape index (κ1) is 19.6. The number of alkyl halides is 2. The highest BCUT2D eigenvalue weighted by Gasteiger charge is 2.28. The first-order valence-electron chi connectivity index (χ1n) is 5.78. The molecule has 1 heterocycles. The summed E-state index contributed by atoms with van der Waals surface area (Å²) < 4.78 is 25.8. The Morgan fingerprint density at radius 3 is 2.57 bits per heavy atom. The predicted molar refractivity (Wildman–Crippen MR) is 78.7 cm³/mol. The molecule has 1 atom stereocenters. The molecule has 21 heavy (non-hydrogen) atoms. The number of carbonyl (C=O) groups excluding carboxylic acids is 2. The molecule has 0 bridgehead atoms. The average Bonchev–Trinajstić information content (AvgIpc) is 2.89. The Balaban J connectivity index is 0.00000400. The van der Waals surface area contributed by atoms with Gasteiger partial charge in [0.05, 0.1) is 25.6 Å². The van der Waals surface area contributed by atoms with Gasteiger partial charge in [0.1, 0.15) is 0 Å². The van der Waals surface area contributed by atoms with E-state index in [1.807, 2.05) is 0 Å². The van der Waals surface area contributed by atoms with E-state index in [1.165, 1.54) is 11.3 Å². The number of primary amides is 1. The van der Waals surface area contributed by atoms with Crippen molar-refractivity contribution in [3.8, 4) is 0 Å². The Labute approximate surface area is 130 Å². The standard InChI is InChI=1S/C11H16F2N4O2S.ClH/c12-11(13,5-14)6-16-9(18)4-7(17-10(15)19)8-2-1-3-20-8;/h1-3,7H,4-6,14H2,(H,16,18)(H3,15,17,19);1H.